The average molecular weight is 295 g/mol. The molecule has 2 heterocycles. The number of nitrogens with zero attached hydrogens (tertiary/aromatic N) is 2. The average Bonchev–Trinajstić information content (AvgIpc) is 2.84. The van der Waals surface area contributed by atoms with Crippen LogP contribution in [0.2, 0.25) is 0 Å². The number of imidazole rings is 1. The number of pyridine rings is 1. The third-order valence-electron chi connectivity index (χ3n) is 2.56. The van der Waals surface area contributed by atoms with Gasteiger partial charge in [-0.05, 0) is 34.5 Å². The van der Waals surface area contributed by atoms with Crippen molar-refractivity contribution in [3.05, 3.63) is 46.7 Å². The quantitative estimate of drug-likeness (QED) is 0.834. The molecule has 2 aromatic heterocycles. The van der Waals surface area contributed by atoms with Crippen molar-refractivity contribution < 1.29 is 0 Å². The van der Waals surface area contributed by atoms with Crippen LogP contribution in [0.25, 0.3) is 0 Å². The van der Waals surface area contributed by atoms with Gasteiger partial charge in [-0.1, -0.05) is 13.0 Å². The highest BCUT2D eigenvalue weighted by atomic mass is 79.9. The van der Waals surface area contributed by atoms with E-state index in [0.29, 0.717) is 0 Å². The maximum absolute atomic E-state index is 4.38. The number of aromatic amines is 1. The van der Waals surface area contributed by atoms with E-state index in [4.69, 9.17) is 0 Å². The molecule has 1 atom stereocenters. The first-order valence-electron chi connectivity index (χ1n) is 5.63. The zero-order valence-corrected chi connectivity index (χ0v) is 11.2. The molecule has 0 saturated heterocycles. The van der Waals surface area contributed by atoms with E-state index >= 15 is 0 Å². The van der Waals surface area contributed by atoms with Gasteiger partial charge in [-0.3, -0.25) is 0 Å². The van der Waals surface area contributed by atoms with Crippen LogP contribution in [0.4, 0.5) is 0 Å². The van der Waals surface area contributed by atoms with Crippen LogP contribution < -0.4 is 5.32 Å². The third kappa shape index (κ3) is 3.38. The van der Waals surface area contributed by atoms with Crippen LogP contribution in [0.15, 0.2) is 35.2 Å². The molecule has 2 rings (SSSR count). The predicted octanol–water partition coefficient (Wildman–Crippen LogP) is 2.81. The number of hydrogen-bond donors (Lipinski definition) is 2. The van der Waals surface area contributed by atoms with Crippen LogP contribution in [0.5, 0.6) is 0 Å². The van der Waals surface area contributed by atoms with E-state index in [1.54, 1.807) is 6.20 Å². The lowest BCUT2D eigenvalue weighted by molar-refractivity contribution is 0.493. The lowest BCUT2D eigenvalue weighted by atomic mass is 10.2. The summed E-state index contributed by atoms with van der Waals surface area (Å²) in [4.78, 5) is 11.8. The molecule has 1 unspecified atom stereocenters. The Bertz CT molecular complexity index is 455. The molecule has 0 fully saturated rings. The Labute approximate surface area is 109 Å². The summed E-state index contributed by atoms with van der Waals surface area (Å²) in [5.74, 6) is 0.975. The van der Waals surface area contributed by atoms with Gasteiger partial charge in [0.2, 0.25) is 0 Å². The molecule has 17 heavy (non-hydrogen) atoms. The minimum atomic E-state index is 0.241. The van der Waals surface area contributed by atoms with Crippen LogP contribution in [-0.4, -0.2) is 15.0 Å². The predicted molar refractivity (Wildman–Crippen MR) is 70.4 cm³/mol. The van der Waals surface area contributed by atoms with Gasteiger partial charge in [0.1, 0.15) is 10.4 Å². The zero-order valence-electron chi connectivity index (χ0n) is 9.65. The molecule has 0 aliphatic carbocycles. The first-order chi connectivity index (χ1) is 8.29. The smallest absolute Gasteiger partial charge is 0.123 e. The van der Waals surface area contributed by atoms with E-state index in [1.807, 2.05) is 24.4 Å². The second kappa shape index (κ2) is 5.93. The third-order valence-corrected chi connectivity index (χ3v) is 3.00. The lowest BCUT2D eigenvalue weighted by Crippen LogP contribution is -2.21. The Hall–Kier alpha value is -1.20. The second-order valence-corrected chi connectivity index (χ2v) is 4.58. The molecular weight excluding hydrogens is 280 g/mol. The molecule has 0 bridgehead atoms. The second-order valence-electron chi connectivity index (χ2n) is 3.77. The Morgan fingerprint density at radius 3 is 3.00 bits per heavy atom. The first-order valence-corrected chi connectivity index (χ1v) is 6.43. The van der Waals surface area contributed by atoms with Gasteiger partial charge >= 0.3 is 0 Å². The molecule has 2 N–H and O–H groups in total. The molecule has 2 aromatic rings. The van der Waals surface area contributed by atoms with E-state index in [2.05, 4.69) is 43.1 Å². The summed E-state index contributed by atoms with van der Waals surface area (Å²) in [6.07, 6.45) is 4.61. The van der Waals surface area contributed by atoms with Crippen LogP contribution in [-0.2, 0) is 6.54 Å². The van der Waals surface area contributed by atoms with Crippen molar-refractivity contribution in [2.75, 3.05) is 0 Å². The molecule has 0 saturated carbocycles. The summed E-state index contributed by atoms with van der Waals surface area (Å²) in [6.45, 7) is 2.87. The van der Waals surface area contributed by atoms with Crippen LogP contribution in [0, 0.1) is 0 Å². The number of aromatic nitrogens is 3. The minimum Gasteiger partial charge on any atom is -0.347 e. The van der Waals surface area contributed by atoms with Crippen molar-refractivity contribution in [2.24, 2.45) is 0 Å². The monoisotopic (exact) mass is 294 g/mol. The minimum absolute atomic E-state index is 0.241. The largest absolute Gasteiger partial charge is 0.347 e. The summed E-state index contributed by atoms with van der Waals surface area (Å²) >= 11 is 3.37. The SMILES string of the molecule is CCC(NCc1cccc(Br)n1)c1ncc[nH]1. The van der Waals surface area contributed by atoms with Gasteiger partial charge in [-0.15, -0.1) is 0 Å². The molecular formula is C12H15BrN4. The first kappa shape index (κ1) is 12.3. The topological polar surface area (TPSA) is 53.6 Å². The van der Waals surface area contributed by atoms with Crippen LogP contribution >= 0.6 is 15.9 Å². The van der Waals surface area contributed by atoms with E-state index in [-0.39, 0.29) is 6.04 Å². The number of halogens is 1. The highest BCUT2D eigenvalue weighted by Crippen LogP contribution is 2.13. The van der Waals surface area contributed by atoms with E-state index in [0.717, 1.165) is 29.1 Å². The van der Waals surface area contributed by atoms with E-state index in [1.165, 1.54) is 0 Å². The maximum atomic E-state index is 4.38. The number of rotatable bonds is 5. The molecule has 0 spiro atoms. The molecule has 0 aliphatic heterocycles. The summed E-state index contributed by atoms with van der Waals surface area (Å²) in [5, 5.41) is 3.44. The van der Waals surface area contributed by atoms with Gasteiger partial charge in [0.25, 0.3) is 0 Å². The van der Waals surface area contributed by atoms with Gasteiger partial charge in [0.05, 0.1) is 11.7 Å². The van der Waals surface area contributed by atoms with Crippen molar-refractivity contribution in [2.45, 2.75) is 25.9 Å². The highest BCUT2D eigenvalue weighted by molar-refractivity contribution is 9.10. The van der Waals surface area contributed by atoms with E-state index < -0.39 is 0 Å². The normalized spacial score (nSPS) is 12.6. The Morgan fingerprint density at radius 2 is 2.35 bits per heavy atom. The fraction of sp³-hybridized carbons (Fsp3) is 0.333. The van der Waals surface area contributed by atoms with Crippen LogP contribution in [0.3, 0.4) is 0 Å². The van der Waals surface area contributed by atoms with E-state index in [9.17, 15) is 0 Å². The van der Waals surface area contributed by atoms with Crippen molar-refractivity contribution in [1.29, 1.82) is 0 Å². The van der Waals surface area contributed by atoms with Crippen molar-refractivity contribution in [3.63, 3.8) is 0 Å². The Balaban J connectivity index is 1.97. The lowest BCUT2D eigenvalue weighted by Gasteiger charge is -2.14. The van der Waals surface area contributed by atoms with Gasteiger partial charge in [0.15, 0.2) is 0 Å². The van der Waals surface area contributed by atoms with Crippen molar-refractivity contribution in [1.82, 2.24) is 20.3 Å². The highest BCUT2D eigenvalue weighted by Gasteiger charge is 2.10. The Kier molecular flexibility index (Phi) is 4.28. The number of hydrogen-bond acceptors (Lipinski definition) is 3. The summed E-state index contributed by atoms with van der Waals surface area (Å²) in [5.41, 5.74) is 1.02. The van der Waals surface area contributed by atoms with Gasteiger partial charge in [-0.25, -0.2) is 9.97 Å². The van der Waals surface area contributed by atoms with Gasteiger partial charge in [0, 0.05) is 18.9 Å². The molecule has 0 amide bonds. The van der Waals surface area contributed by atoms with Crippen LogP contribution in [0.1, 0.15) is 30.9 Å². The Morgan fingerprint density at radius 1 is 1.47 bits per heavy atom. The van der Waals surface area contributed by atoms with Crippen molar-refractivity contribution in [3.8, 4) is 0 Å². The zero-order chi connectivity index (χ0) is 12.1. The summed E-state index contributed by atoms with van der Waals surface area (Å²) in [6, 6.07) is 6.16. The molecule has 0 aromatic carbocycles. The maximum Gasteiger partial charge on any atom is 0.123 e. The van der Waals surface area contributed by atoms with Gasteiger partial charge in [-0.2, -0.15) is 0 Å². The molecule has 5 heteroatoms. The summed E-state index contributed by atoms with van der Waals surface area (Å²) in [7, 11) is 0. The number of H-pyrrole nitrogens is 1. The molecule has 4 nitrogen and oxygen atoms in total. The molecule has 0 aliphatic rings. The molecule has 0 radical (unpaired) electrons. The standard InChI is InChI=1S/C12H15BrN4/c1-2-10(12-14-6-7-15-12)16-8-9-4-3-5-11(13)17-9/h3-7,10,16H,2,8H2,1H3,(H,14,15). The number of nitrogens with one attached hydrogen (secondary N) is 2. The summed E-state index contributed by atoms with van der Waals surface area (Å²) < 4.78 is 0.864. The molecule has 90 valence electrons. The van der Waals surface area contributed by atoms with Crippen molar-refractivity contribution >= 4 is 15.9 Å². The fourth-order valence-corrected chi connectivity index (χ4v) is 2.06. The van der Waals surface area contributed by atoms with Gasteiger partial charge < -0.3 is 10.3 Å². The fourth-order valence-electron chi connectivity index (χ4n) is 1.68.